The maximum atomic E-state index is 11.6. The number of aryl methyl sites for hydroxylation is 1. The van der Waals surface area contributed by atoms with Crippen molar-refractivity contribution in [3.63, 3.8) is 0 Å². The molecule has 2 aromatic carbocycles. The molecule has 5 nitrogen and oxygen atoms in total. The fourth-order valence-corrected chi connectivity index (χ4v) is 4.09. The van der Waals surface area contributed by atoms with Crippen LogP contribution in [0.15, 0.2) is 42.5 Å². The molecule has 1 aliphatic heterocycles. The van der Waals surface area contributed by atoms with Gasteiger partial charge in [0.15, 0.2) is 11.5 Å². The highest BCUT2D eigenvalue weighted by Gasteiger charge is 2.33. The Morgan fingerprint density at radius 3 is 2.54 bits per heavy atom. The number of ether oxygens (including phenoxy) is 2. The topological polar surface area (TPSA) is 59.0 Å². The summed E-state index contributed by atoms with van der Waals surface area (Å²) in [6, 6.07) is 14.4. The molecule has 1 aliphatic rings. The summed E-state index contributed by atoms with van der Waals surface area (Å²) in [5.41, 5.74) is 3.41. The van der Waals surface area contributed by atoms with Gasteiger partial charge >= 0.3 is 5.97 Å². The molecule has 5 heteroatoms. The van der Waals surface area contributed by atoms with E-state index in [9.17, 15) is 9.90 Å². The molecule has 1 fully saturated rings. The van der Waals surface area contributed by atoms with Crippen molar-refractivity contribution in [2.24, 2.45) is 5.92 Å². The molecule has 0 aliphatic carbocycles. The minimum Gasteiger partial charge on any atom is -0.493 e. The lowest BCUT2D eigenvalue weighted by molar-refractivity contribution is -0.143. The number of benzene rings is 2. The SMILES string of the molecule is CCc1ccc(C(c2cccc(OC)c2OC)N2CCCC(C(=O)O)C2)cc1. The van der Waals surface area contributed by atoms with Gasteiger partial charge in [-0.2, -0.15) is 0 Å². The first kappa shape index (κ1) is 20.2. The van der Waals surface area contributed by atoms with Crippen LogP contribution in [0.4, 0.5) is 0 Å². The smallest absolute Gasteiger partial charge is 0.307 e. The first-order valence-electron chi connectivity index (χ1n) is 9.85. The molecule has 150 valence electrons. The van der Waals surface area contributed by atoms with Crippen LogP contribution in [0, 0.1) is 5.92 Å². The fourth-order valence-electron chi connectivity index (χ4n) is 4.09. The van der Waals surface area contributed by atoms with Gasteiger partial charge < -0.3 is 14.6 Å². The average molecular weight is 383 g/mol. The van der Waals surface area contributed by atoms with Gasteiger partial charge in [0.2, 0.25) is 0 Å². The summed E-state index contributed by atoms with van der Waals surface area (Å²) in [4.78, 5) is 13.9. The highest BCUT2D eigenvalue weighted by atomic mass is 16.5. The number of para-hydroxylation sites is 1. The van der Waals surface area contributed by atoms with Crippen molar-refractivity contribution in [1.82, 2.24) is 4.90 Å². The Hall–Kier alpha value is -2.53. The van der Waals surface area contributed by atoms with Crippen LogP contribution in [-0.4, -0.2) is 43.3 Å². The minimum absolute atomic E-state index is 0.0851. The molecule has 3 rings (SSSR count). The summed E-state index contributed by atoms with van der Waals surface area (Å²) < 4.78 is 11.2. The monoisotopic (exact) mass is 383 g/mol. The van der Waals surface area contributed by atoms with Gasteiger partial charge in [-0.1, -0.05) is 43.3 Å². The molecule has 1 saturated heterocycles. The van der Waals surface area contributed by atoms with Crippen molar-refractivity contribution in [3.8, 4) is 11.5 Å². The summed E-state index contributed by atoms with van der Waals surface area (Å²) in [5, 5.41) is 9.56. The van der Waals surface area contributed by atoms with Gasteiger partial charge in [0.25, 0.3) is 0 Å². The van der Waals surface area contributed by atoms with Crippen molar-refractivity contribution < 1.29 is 19.4 Å². The number of aliphatic carboxylic acids is 1. The Kier molecular flexibility index (Phi) is 6.57. The van der Waals surface area contributed by atoms with Crippen LogP contribution in [0.5, 0.6) is 11.5 Å². The number of carboxylic acid groups (broad SMARTS) is 1. The van der Waals surface area contributed by atoms with E-state index in [2.05, 4.69) is 36.1 Å². The van der Waals surface area contributed by atoms with E-state index in [-0.39, 0.29) is 12.0 Å². The lowest BCUT2D eigenvalue weighted by Gasteiger charge is -2.38. The van der Waals surface area contributed by atoms with Gasteiger partial charge in [-0.15, -0.1) is 0 Å². The number of carboxylic acids is 1. The van der Waals surface area contributed by atoms with Gasteiger partial charge in [-0.25, -0.2) is 0 Å². The quantitative estimate of drug-likeness (QED) is 0.778. The third-order valence-corrected chi connectivity index (χ3v) is 5.60. The summed E-state index contributed by atoms with van der Waals surface area (Å²) >= 11 is 0. The van der Waals surface area contributed by atoms with Gasteiger partial charge in [0, 0.05) is 12.1 Å². The molecule has 0 saturated carbocycles. The van der Waals surface area contributed by atoms with Gasteiger partial charge in [-0.05, 0) is 43.0 Å². The molecule has 1 heterocycles. The lowest BCUT2D eigenvalue weighted by atomic mass is 9.90. The number of carbonyl (C=O) groups is 1. The molecular weight excluding hydrogens is 354 g/mol. The summed E-state index contributed by atoms with van der Waals surface area (Å²) in [6.45, 7) is 3.51. The van der Waals surface area contributed by atoms with Gasteiger partial charge in [0.1, 0.15) is 0 Å². The van der Waals surface area contributed by atoms with Crippen LogP contribution in [-0.2, 0) is 11.2 Å². The molecule has 0 amide bonds. The Labute approximate surface area is 166 Å². The van der Waals surface area contributed by atoms with Crippen LogP contribution in [0.25, 0.3) is 0 Å². The van der Waals surface area contributed by atoms with Gasteiger partial charge in [-0.3, -0.25) is 9.69 Å². The number of likely N-dealkylation sites (tertiary alicyclic amines) is 1. The summed E-state index contributed by atoms with van der Waals surface area (Å²) in [7, 11) is 3.28. The molecule has 0 spiro atoms. The second kappa shape index (κ2) is 9.11. The van der Waals surface area contributed by atoms with Crippen molar-refractivity contribution in [2.45, 2.75) is 32.2 Å². The number of hydrogen-bond acceptors (Lipinski definition) is 4. The van der Waals surface area contributed by atoms with Crippen LogP contribution < -0.4 is 9.47 Å². The Bertz CT molecular complexity index is 803. The zero-order chi connectivity index (χ0) is 20.1. The largest absolute Gasteiger partial charge is 0.493 e. The van der Waals surface area contributed by atoms with Gasteiger partial charge in [0.05, 0.1) is 26.2 Å². The standard InChI is InChI=1S/C23H29NO4/c1-4-16-10-12-17(13-11-16)21(24-14-6-7-18(15-24)23(25)26)19-8-5-9-20(27-2)22(19)28-3/h5,8-13,18,21H,4,6-7,14-15H2,1-3H3,(H,25,26). The molecule has 2 unspecified atom stereocenters. The normalized spacial score (nSPS) is 18.5. The lowest BCUT2D eigenvalue weighted by Crippen LogP contribution is -2.41. The molecule has 2 atom stereocenters. The van der Waals surface area contributed by atoms with E-state index in [1.807, 2.05) is 18.2 Å². The predicted octanol–water partition coefficient (Wildman–Crippen LogP) is 4.15. The number of piperidine rings is 1. The Morgan fingerprint density at radius 2 is 1.93 bits per heavy atom. The molecule has 1 N–H and O–H groups in total. The molecule has 0 radical (unpaired) electrons. The Balaban J connectivity index is 2.08. The van der Waals surface area contributed by atoms with E-state index in [0.717, 1.165) is 36.9 Å². The van der Waals surface area contributed by atoms with Crippen LogP contribution >= 0.6 is 0 Å². The maximum absolute atomic E-state index is 11.6. The molecular formula is C23H29NO4. The van der Waals surface area contributed by atoms with Crippen LogP contribution in [0.2, 0.25) is 0 Å². The first-order valence-corrected chi connectivity index (χ1v) is 9.85. The molecule has 0 bridgehead atoms. The third-order valence-electron chi connectivity index (χ3n) is 5.60. The minimum atomic E-state index is -0.720. The summed E-state index contributed by atoms with van der Waals surface area (Å²) in [6.07, 6.45) is 2.58. The Morgan fingerprint density at radius 1 is 1.18 bits per heavy atom. The van der Waals surface area contributed by atoms with Crippen LogP contribution in [0.3, 0.4) is 0 Å². The van der Waals surface area contributed by atoms with E-state index >= 15 is 0 Å². The highest BCUT2D eigenvalue weighted by molar-refractivity contribution is 5.70. The van der Waals surface area contributed by atoms with E-state index in [1.165, 1.54) is 5.56 Å². The van der Waals surface area contributed by atoms with Crippen molar-refractivity contribution in [3.05, 3.63) is 59.2 Å². The van der Waals surface area contributed by atoms with E-state index in [4.69, 9.17) is 9.47 Å². The molecule has 28 heavy (non-hydrogen) atoms. The van der Waals surface area contributed by atoms with Crippen molar-refractivity contribution in [2.75, 3.05) is 27.3 Å². The number of hydrogen-bond donors (Lipinski definition) is 1. The van der Waals surface area contributed by atoms with E-state index < -0.39 is 5.97 Å². The fraction of sp³-hybridized carbons (Fsp3) is 0.435. The molecule has 0 aromatic heterocycles. The predicted molar refractivity (Wildman–Crippen MR) is 109 cm³/mol. The number of nitrogens with zero attached hydrogens (tertiary/aromatic N) is 1. The van der Waals surface area contributed by atoms with E-state index in [1.54, 1.807) is 14.2 Å². The summed E-state index contributed by atoms with van der Waals surface area (Å²) in [5.74, 6) is 0.319. The zero-order valence-corrected chi connectivity index (χ0v) is 16.9. The molecule has 2 aromatic rings. The third kappa shape index (κ3) is 4.14. The van der Waals surface area contributed by atoms with Crippen LogP contribution in [0.1, 0.15) is 42.5 Å². The zero-order valence-electron chi connectivity index (χ0n) is 16.9. The van der Waals surface area contributed by atoms with Crippen molar-refractivity contribution in [1.29, 1.82) is 0 Å². The van der Waals surface area contributed by atoms with E-state index in [0.29, 0.717) is 18.0 Å². The number of methoxy groups -OCH3 is 2. The second-order valence-electron chi connectivity index (χ2n) is 7.25. The average Bonchev–Trinajstić information content (AvgIpc) is 2.74. The highest BCUT2D eigenvalue weighted by Crippen LogP contribution is 2.41. The second-order valence-corrected chi connectivity index (χ2v) is 7.25. The first-order chi connectivity index (χ1) is 13.6. The maximum Gasteiger partial charge on any atom is 0.307 e. The van der Waals surface area contributed by atoms with Crippen molar-refractivity contribution >= 4 is 5.97 Å². The number of rotatable bonds is 7.